The van der Waals surface area contributed by atoms with E-state index in [1.807, 2.05) is 36.4 Å². The van der Waals surface area contributed by atoms with E-state index in [1.54, 1.807) is 12.1 Å². The van der Waals surface area contributed by atoms with Gasteiger partial charge in [0.05, 0.1) is 11.7 Å². The van der Waals surface area contributed by atoms with Crippen molar-refractivity contribution in [2.45, 2.75) is 50.8 Å². The number of anilines is 1. The van der Waals surface area contributed by atoms with Gasteiger partial charge in [-0.25, -0.2) is 0 Å². The maximum atomic E-state index is 12.7. The summed E-state index contributed by atoms with van der Waals surface area (Å²) in [5, 5.41) is 21.1. The van der Waals surface area contributed by atoms with Gasteiger partial charge in [-0.05, 0) is 94.2 Å². The molecule has 0 aliphatic carbocycles. The molecule has 1 aliphatic rings. The highest BCUT2D eigenvalue weighted by Crippen LogP contribution is 2.30. The number of aliphatic hydroxyl groups is 1. The molecule has 46 heavy (non-hydrogen) atoms. The van der Waals surface area contributed by atoms with Gasteiger partial charge in [0.1, 0.15) is 42.8 Å². The number of nitrogens with zero attached hydrogens (tertiary/aromatic N) is 4. The normalized spacial score (nSPS) is 14.6. The van der Waals surface area contributed by atoms with Crippen molar-refractivity contribution in [1.29, 1.82) is 0 Å². The van der Waals surface area contributed by atoms with E-state index in [-0.39, 0.29) is 43.4 Å². The molecule has 0 amide bonds. The Kier molecular flexibility index (Phi) is 10.5. The van der Waals surface area contributed by atoms with Gasteiger partial charge in [-0.2, -0.15) is 13.2 Å². The van der Waals surface area contributed by atoms with Crippen molar-refractivity contribution in [3.05, 3.63) is 106 Å². The first-order valence-corrected chi connectivity index (χ1v) is 15.0. The molecule has 244 valence electrons. The highest BCUT2D eigenvalue weighted by molar-refractivity contribution is 6.28. The molecule has 10 nitrogen and oxygen atoms in total. The summed E-state index contributed by atoms with van der Waals surface area (Å²) < 4.78 is 57.2. The smallest absolute Gasteiger partial charge is 0.416 e. The van der Waals surface area contributed by atoms with Crippen molar-refractivity contribution in [1.82, 2.24) is 9.55 Å². The molecule has 3 aromatic carbocycles. The molecule has 5 rings (SSSR count). The Labute approximate surface area is 268 Å². The first-order chi connectivity index (χ1) is 22.0. The lowest BCUT2D eigenvalue weighted by atomic mass is 10.1. The largest absolute Gasteiger partial charge is 0.491 e. The zero-order valence-electron chi connectivity index (χ0n) is 24.6. The monoisotopic (exact) mass is 660 g/mol. The number of ether oxygens (including phenoxy) is 3. The summed E-state index contributed by atoms with van der Waals surface area (Å²) in [6.45, 7) is 2.10. The average Bonchev–Trinajstić information content (AvgIpc) is 3.43. The number of piperidine rings is 1. The minimum Gasteiger partial charge on any atom is -0.491 e. The van der Waals surface area contributed by atoms with Crippen LogP contribution in [-0.4, -0.2) is 51.5 Å². The molecule has 0 saturated carbocycles. The van der Waals surface area contributed by atoms with Crippen LogP contribution in [0.3, 0.4) is 0 Å². The Morgan fingerprint density at radius 1 is 0.957 bits per heavy atom. The number of hydrogen-bond acceptors (Lipinski definition) is 8. The van der Waals surface area contributed by atoms with Crippen LogP contribution in [0.1, 0.15) is 30.4 Å². The molecule has 0 bridgehead atoms. The maximum Gasteiger partial charge on any atom is 0.416 e. The van der Waals surface area contributed by atoms with Gasteiger partial charge in [-0.1, -0.05) is 12.1 Å². The second-order valence-corrected chi connectivity index (χ2v) is 11.2. The van der Waals surface area contributed by atoms with Gasteiger partial charge in [0, 0.05) is 38.2 Å². The summed E-state index contributed by atoms with van der Waals surface area (Å²) in [7, 11) is 0. The predicted molar refractivity (Wildman–Crippen MR) is 165 cm³/mol. The number of aryl methyl sites for hydroxylation is 1. The number of alkyl halides is 3. The number of nitro groups is 1. The fourth-order valence-corrected chi connectivity index (χ4v) is 5.16. The van der Waals surface area contributed by atoms with E-state index < -0.39 is 22.8 Å². The third-order valence-electron chi connectivity index (χ3n) is 7.50. The standard InChI is InChI=1S/C32H32ClF3N4O6/c33-31-37-30(40(42)43)19-39(31)16-13-25(41)21-45-26-7-5-24(6-8-26)38-17-14-29(15-18-38)46-28-11-9-27(10-12-28)44-20-22-1-3-23(4-2-22)32(34,35)36/h1-12,19,25,29,41H,13-18,20-21H2/t25-/m0/s1. The zero-order valence-corrected chi connectivity index (χ0v) is 25.4. The molecule has 0 unspecified atom stereocenters. The van der Waals surface area contributed by atoms with Gasteiger partial charge < -0.3 is 34.3 Å². The first-order valence-electron chi connectivity index (χ1n) is 14.6. The van der Waals surface area contributed by atoms with Gasteiger partial charge in [0.2, 0.25) is 0 Å². The van der Waals surface area contributed by atoms with Crippen LogP contribution in [0.25, 0.3) is 0 Å². The highest BCUT2D eigenvalue weighted by atomic mass is 35.5. The Morgan fingerprint density at radius 3 is 2.17 bits per heavy atom. The van der Waals surface area contributed by atoms with E-state index in [0.717, 1.165) is 49.5 Å². The number of rotatable bonds is 13. The lowest BCUT2D eigenvalue weighted by Crippen LogP contribution is -2.38. The summed E-state index contributed by atoms with van der Waals surface area (Å²) in [6.07, 6.45) is -1.92. The van der Waals surface area contributed by atoms with Crippen LogP contribution in [0.4, 0.5) is 24.7 Å². The van der Waals surface area contributed by atoms with Crippen LogP contribution in [0, 0.1) is 10.1 Å². The van der Waals surface area contributed by atoms with E-state index in [0.29, 0.717) is 17.1 Å². The van der Waals surface area contributed by atoms with Crippen molar-refractivity contribution >= 4 is 23.1 Å². The molecule has 1 fully saturated rings. The summed E-state index contributed by atoms with van der Waals surface area (Å²) in [4.78, 5) is 16.1. The number of aromatic nitrogens is 2. The molecule has 1 aliphatic heterocycles. The molecular weight excluding hydrogens is 629 g/mol. The van der Waals surface area contributed by atoms with E-state index in [4.69, 9.17) is 25.8 Å². The lowest BCUT2D eigenvalue weighted by Gasteiger charge is -2.33. The number of halogens is 4. The van der Waals surface area contributed by atoms with Crippen LogP contribution in [0.15, 0.2) is 79.0 Å². The number of hydrogen-bond donors (Lipinski definition) is 1. The average molecular weight is 661 g/mol. The quantitative estimate of drug-likeness (QED) is 0.122. The van der Waals surface area contributed by atoms with E-state index in [1.165, 1.54) is 22.9 Å². The molecule has 1 N–H and O–H groups in total. The van der Waals surface area contributed by atoms with E-state index in [9.17, 15) is 28.4 Å². The Balaban J connectivity index is 1.00. The topological polar surface area (TPSA) is 112 Å². The number of aliphatic hydroxyl groups excluding tert-OH is 1. The fraction of sp³-hybridized carbons (Fsp3) is 0.344. The summed E-state index contributed by atoms with van der Waals surface area (Å²) in [6, 6.07) is 19.7. The van der Waals surface area contributed by atoms with Gasteiger partial charge in [0.25, 0.3) is 0 Å². The number of benzene rings is 3. The number of imidazole rings is 1. The van der Waals surface area contributed by atoms with Crippen molar-refractivity contribution < 1.29 is 37.4 Å². The van der Waals surface area contributed by atoms with Crippen LogP contribution < -0.4 is 19.1 Å². The molecule has 1 aromatic heterocycles. The maximum absolute atomic E-state index is 12.7. The van der Waals surface area contributed by atoms with E-state index in [2.05, 4.69) is 9.88 Å². The molecule has 4 aromatic rings. The first kappa shape index (κ1) is 32.9. The molecule has 2 heterocycles. The fourth-order valence-electron chi connectivity index (χ4n) is 4.94. The lowest BCUT2D eigenvalue weighted by molar-refractivity contribution is -0.389. The molecular formula is C32H32ClF3N4O6. The molecule has 14 heteroatoms. The molecule has 0 spiro atoms. The van der Waals surface area contributed by atoms with E-state index >= 15 is 0 Å². The second kappa shape index (κ2) is 14.7. The highest BCUT2D eigenvalue weighted by Gasteiger charge is 2.30. The predicted octanol–water partition coefficient (Wildman–Crippen LogP) is 6.92. The Hall–Kier alpha value is -4.49. The third kappa shape index (κ3) is 9.04. The van der Waals surface area contributed by atoms with Crippen molar-refractivity contribution in [3.63, 3.8) is 0 Å². The van der Waals surface area contributed by atoms with Crippen LogP contribution in [0.2, 0.25) is 5.28 Å². The zero-order chi connectivity index (χ0) is 32.7. The van der Waals surface area contributed by atoms with Crippen molar-refractivity contribution in [2.75, 3.05) is 24.6 Å². The van der Waals surface area contributed by atoms with Gasteiger partial charge in [-0.15, -0.1) is 0 Å². The summed E-state index contributed by atoms with van der Waals surface area (Å²) >= 11 is 5.91. The van der Waals surface area contributed by atoms with Crippen LogP contribution >= 0.6 is 11.6 Å². The van der Waals surface area contributed by atoms with Gasteiger partial charge in [-0.3, -0.25) is 4.57 Å². The second-order valence-electron chi connectivity index (χ2n) is 10.8. The third-order valence-corrected chi connectivity index (χ3v) is 7.81. The summed E-state index contributed by atoms with van der Waals surface area (Å²) in [5.74, 6) is 1.59. The van der Waals surface area contributed by atoms with Crippen molar-refractivity contribution in [2.24, 2.45) is 0 Å². The molecule has 0 radical (unpaired) electrons. The Bertz CT molecular complexity index is 1580. The van der Waals surface area contributed by atoms with Crippen molar-refractivity contribution in [3.8, 4) is 17.2 Å². The van der Waals surface area contributed by atoms with Crippen LogP contribution in [-0.2, 0) is 19.3 Å². The summed E-state index contributed by atoms with van der Waals surface area (Å²) in [5.41, 5.74) is 1.00. The van der Waals surface area contributed by atoms with Gasteiger partial charge in [0.15, 0.2) is 0 Å². The van der Waals surface area contributed by atoms with Crippen LogP contribution in [0.5, 0.6) is 17.2 Å². The molecule has 1 atom stereocenters. The minimum absolute atomic E-state index is 0.00936. The Morgan fingerprint density at radius 2 is 1.57 bits per heavy atom. The molecule has 1 saturated heterocycles. The van der Waals surface area contributed by atoms with Gasteiger partial charge >= 0.3 is 17.3 Å². The SMILES string of the molecule is O=[N+]([O-])c1cn(CC[C@H](O)COc2ccc(N3CCC(Oc4ccc(OCc5ccc(C(F)(F)F)cc5)cc4)CC3)cc2)c(Cl)n1. The minimum atomic E-state index is -4.36.